The third kappa shape index (κ3) is 6.03. The predicted molar refractivity (Wildman–Crippen MR) is 102 cm³/mol. The summed E-state index contributed by atoms with van der Waals surface area (Å²) in [7, 11) is 0. The van der Waals surface area contributed by atoms with Crippen molar-refractivity contribution in [1.82, 2.24) is 15.6 Å². The fourth-order valence-electron chi connectivity index (χ4n) is 2.04. The van der Waals surface area contributed by atoms with Gasteiger partial charge in [-0.3, -0.25) is 4.98 Å². The number of pyridine rings is 1. The normalized spacial score (nSPS) is 10.9. The second-order valence-electron chi connectivity index (χ2n) is 5.05. The predicted octanol–water partition coefficient (Wildman–Crippen LogP) is 3.54. The van der Waals surface area contributed by atoms with Crippen molar-refractivity contribution in [2.24, 2.45) is 4.99 Å². The number of halogens is 3. The minimum absolute atomic E-state index is 0. The molecule has 7 heteroatoms. The summed E-state index contributed by atoms with van der Waals surface area (Å²) in [6, 6.07) is 7.22. The number of aryl methyl sites for hydroxylation is 1. The second kappa shape index (κ2) is 10.2. The van der Waals surface area contributed by atoms with E-state index >= 15 is 0 Å². The molecule has 2 rings (SSSR count). The van der Waals surface area contributed by atoms with Crippen molar-refractivity contribution in [3.63, 3.8) is 0 Å². The number of benzene rings is 1. The molecule has 2 N–H and O–H groups in total. The first-order chi connectivity index (χ1) is 11.1. The molecule has 0 amide bonds. The molecule has 0 saturated heterocycles. The van der Waals surface area contributed by atoms with Gasteiger partial charge < -0.3 is 10.6 Å². The Balaban J connectivity index is 0.00000288. The van der Waals surface area contributed by atoms with E-state index in [0.717, 1.165) is 29.5 Å². The number of nitrogens with one attached hydrogen (secondary N) is 2. The zero-order chi connectivity index (χ0) is 16.7. The highest BCUT2D eigenvalue weighted by Gasteiger charge is 2.05. The molecule has 130 valence electrons. The molecule has 0 spiro atoms. The molecule has 2 aromatic rings. The number of aliphatic imine (C=N–C) groups is 1. The van der Waals surface area contributed by atoms with Gasteiger partial charge in [-0.25, -0.2) is 13.8 Å². The second-order valence-corrected chi connectivity index (χ2v) is 5.05. The van der Waals surface area contributed by atoms with Gasteiger partial charge in [-0.05, 0) is 43.7 Å². The lowest BCUT2D eigenvalue weighted by molar-refractivity contribution is 0.585. The Morgan fingerprint density at radius 3 is 2.71 bits per heavy atom. The highest BCUT2D eigenvalue weighted by atomic mass is 127. The standard InChI is InChI=1S/C17H20F2N4.HI/c1-3-20-17(23-11-16-12(2)5-4-8-21-16)22-10-13-9-14(18)6-7-15(13)19;/h4-9H,3,10-11H2,1-2H3,(H2,20,22,23);1H. The molecule has 0 aliphatic heterocycles. The molecule has 24 heavy (non-hydrogen) atoms. The Bertz CT molecular complexity index is 692. The first-order valence-corrected chi connectivity index (χ1v) is 7.46. The summed E-state index contributed by atoms with van der Waals surface area (Å²) < 4.78 is 26.8. The van der Waals surface area contributed by atoms with E-state index in [-0.39, 0.29) is 36.1 Å². The lowest BCUT2D eigenvalue weighted by atomic mass is 10.2. The third-order valence-corrected chi connectivity index (χ3v) is 3.30. The molecule has 4 nitrogen and oxygen atoms in total. The van der Waals surface area contributed by atoms with Crippen molar-refractivity contribution < 1.29 is 8.78 Å². The summed E-state index contributed by atoms with van der Waals surface area (Å²) in [5.74, 6) is -0.411. The first kappa shape index (κ1) is 20.3. The van der Waals surface area contributed by atoms with Gasteiger partial charge in [-0.2, -0.15) is 0 Å². The molecule has 0 atom stereocenters. The average Bonchev–Trinajstić information content (AvgIpc) is 2.54. The van der Waals surface area contributed by atoms with Crippen LogP contribution in [0.4, 0.5) is 8.78 Å². The monoisotopic (exact) mass is 446 g/mol. The SMILES string of the molecule is CCNC(=NCc1cc(F)ccc1F)NCc1ncccc1C.I. The maximum absolute atomic E-state index is 13.6. The van der Waals surface area contributed by atoms with Gasteiger partial charge in [0, 0.05) is 18.3 Å². The van der Waals surface area contributed by atoms with E-state index in [1.54, 1.807) is 6.20 Å². The van der Waals surface area contributed by atoms with E-state index in [9.17, 15) is 8.78 Å². The van der Waals surface area contributed by atoms with E-state index in [4.69, 9.17) is 0 Å². The van der Waals surface area contributed by atoms with Crippen LogP contribution >= 0.6 is 24.0 Å². The Kier molecular flexibility index (Phi) is 8.59. The summed E-state index contributed by atoms with van der Waals surface area (Å²) in [4.78, 5) is 8.59. The summed E-state index contributed by atoms with van der Waals surface area (Å²) in [6.45, 7) is 5.14. The molecule has 0 aliphatic rings. The van der Waals surface area contributed by atoms with Gasteiger partial charge in [-0.15, -0.1) is 24.0 Å². The topological polar surface area (TPSA) is 49.3 Å². The Hall–Kier alpha value is -1.77. The molecule has 0 aliphatic carbocycles. The van der Waals surface area contributed by atoms with Crippen molar-refractivity contribution in [2.45, 2.75) is 26.9 Å². The zero-order valence-corrected chi connectivity index (χ0v) is 16.0. The van der Waals surface area contributed by atoms with Crippen LogP contribution in [-0.2, 0) is 13.1 Å². The lowest BCUT2D eigenvalue weighted by Crippen LogP contribution is -2.37. The van der Waals surface area contributed by atoms with E-state index < -0.39 is 11.6 Å². The molecule has 0 radical (unpaired) electrons. The summed E-state index contributed by atoms with van der Waals surface area (Å²) >= 11 is 0. The van der Waals surface area contributed by atoms with Gasteiger partial charge in [0.25, 0.3) is 0 Å². The number of hydrogen-bond donors (Lipinski definition) is 2. The zero-order valence-electron chi connectivity index (χ0n) is 13.6. The quantitative estimate of drug-likeness (QED) is 0.420. The van der Waals surface area contributed by atoms with Gasteiger partial charge >= 0.3 is 0 Å². The van der Waals surface area contributed by atoms with Crippen LogP contribution in [0.15, 0.2) is 41.5 Å². The van der Waals surface area contributed by atoms with Gasteiger partial charge in [0.15, 0.2) is 5.96 Å². The summed E-state index contributed by atoms with van der Waals surface area (Å²) in [6.07, 6.45) is 1.73. The van der Waals surface area contributed by atoms with Crippen molar-refractivity contribution in [3.8, 4) is 0 Å². The summed E-state index contributed by atoms with van der Waals surface area (Å²) in [5, 5.41) is 6.21. The average molecular weight is 446 g/mol. The van der Waals surface area contributed by atoms with Crippen LogP contribution in [0.2, 0.25) is 0 Å². The fourth-order valence-corrected chi connectivity index (χ4v) is 2.04. The number of nitrogens with zero attached hydrogens (tertiary/aromatic N) is 2. The van der Waals surface area contributed by atoms with Crippen LogP contribution in [0.1, 0.15) is 23.7 Å². The molecule has 0 fully saturated rings. The molecular weight excluding hydrogens is 425 g/mol. The van der Waals surface area contributed by atoms with Crippen LogP contribution in [0.25, 0.3) is 0 Å². The Morgan fingerprint density at radius 1 is 1.21 bits per heavy atom. The Labute approximate surface area is 157 Å². The summed E-state index contributed by atoms with van der Waals surface area (Å²) in [5.41, 5.74) is 2.21. The molecule has 1 aromatic carbocycles. The van der Waals surface area contributed by atoms with Crippen LogP contribution in [0, 0.1) is 18.6 Å². The van der Waals surface area contributed by atoms with E-state index in [2.05, 4.69) is 20.6 Å². The number of guanidine groups is 1. The van der Waals surface area contributed by atoms with Crippen molar-refractivity contribution in [2.75, 3.05) is 6.54 Å². The highest BCUT2D eigenvalue weighted by molar-refractivity contribution is 14.0. The highest BCUT2D eigenvalue weighted by Crippen LogP contribution is 2.10. The van der Waals surface area contributed by atoms with Crippen molar-refractivity contribution in [1.29, 1.82) is 0 Å². The Morgan fingerprint density at radius 2 is 2.00 bits per heavy atom. The van der Waals surface area contributed by atoms with Crippen LogP contribution in [0.3, 0.4) is 0 Å². The molecule has 1 heterocycles. The van der Waals surface area contributed by atoms with Crippen LogP contribution in [-0.4, -0.2) is 17.5 Å². The van der Waals surface area contributed by atoms with E-state index in [1.165, 1.54) is 0 Å². The molecular formula is C17H21F2IN4. The van der Waals surface area contributed by atoms with Gasteiger partial charge in [0.1, 0.15) is 11.6 Å². The van der Waals surface area contributed by atoms with Crippen molar-refractivity contribution in [3.05, 3.63) is 65.0 Å². The minimum Gasteiger partial charge on any atom is -0.357 e. The van der Waals surface area contributed by atoms with Gasteiger partial charge in [-0.1, -0.05) is 6.07 Å². The first-order valence-electron chi connectivity index (χ1n) is 7.46. The van der Waals surface area contributed by atoms with Gasteiger partial charge in [0.2, 0.25) is 0 Å². The molecule has 1 aromatic heterocycles. The number of hydrogen-bond acceptors (Lipinski definition) is 2. The van der Waals surface area contributed by atoms with Gasteiger partial charge in [0.05, 0.1) is 18.8 Å². The molecule has 0 bridgehead atoms. The molecule has 0 unspecified atom stereocenters. The van der Waals surface area contributed by atoms with Crippen LogP contribution in [0.5, 0.6) is 0 Å². The van der Waals surface area contributed by atoms with Crippen LogP contribution < -0.4 is 10.6 Å². The maximum Gasteiger partial charge on any atom is 0.191 e. The number of aromatic nitrogens is 1. The minimum atomic E-state index is -0.473. The van der Waals surface area contributed by atoms with E-state index in [0.29, 0.717) is 19.0 Å². The lowest BCUT2D eigenvalue weighted by Gasteiger charge is -2.12. The van der Waals surface area contributed by atoms with Crippen molar-refractivity contribution >= 4 is 29.9 Å². The smallest absolute Gasteiger partial charge is 0.191 e. The molecule has 0 saturated carbocycles. The number of rotatable bonds is 5. The maximum atomic E-state index is 13.6. The largest absolute Gasteiger partial charge is 0.357 e. The fraction of sp³-hybridized carbons (Fsp3) is 0.294. The third-order valence-electron chi connectivity index (χ3n) is 3.30. The van der Waals surface area contributed by atoms with E-state index in [1.807, 2.05) is 26.0 Å².